The van der Waals surface area contributed by atoms with Gasteiger partial charge in [-0.1, -0.05) is 60.7 Å². The molecule has 0 spiro atoms. The molecule has 1 saturated carbocycles. The van der Waals surface area contributed by atoms with Gasteiger partial charge in [-0.2, -0.15) is 0 Å². The number of fused-ring (bicyclic) bond motifs is 1. The van der Waals surface area contributed by atoms with Gasteiger partial charge in [-0.15, -0.1) is 0 Å². The van der Waals surface area contributed by atoms with E-state index in [1.54, 1.807) is 24.3 Å². The molecule has 2 aliphatic rings. The number of ether oxygens (including phenoxy) is 2. The van der Waals surface area contributed by atoms with Crippen molar-refractivity contribution >= 4 is 11.8 Å². The molecule has 1 aliphatic carbocycles. The maximum absolute atomic E-state index is 12.9. The molecule has 4 nitrogen and oxygen atoms in total. The number of cyclic esters (lactones) is 1. The van der Waals surface area contributed by atoms with Crippen LogP contribution in [0.4, 0.5) is 0 Å². The second-order valence-corrected chi connectivity index (χ2v) is 6.61. The van der Waals surface area contributed by atoms with Gasteiger partial charge in [-0.05, 0) is 12.0 Å². The number of rotatable bonds is 6. The van der Waals surface area contributed by atoms with Crippen LogP contribution in [0.5, 0.6) is 0 Å². The molecular weight excluding hydrogens is 304 g/mol. The van der Waals surface area contributed by atoms with E-state index in [9.17, 15) is 9.59 Å². The van der Waals surface area contributed by atoms with Crippen LogP contribution >= 0.6 is 0 Å². The lowest BCUT2D eigenvalue weighted by Crippen LogP contribution is -2.29. The highest BCUT2D eigenvalue weighted by atomic mass is 16.6. The summed E-state index contributed by atoms with van der Waals surface area (Å²) in [5.41, 5.74) is 0.0673. The molecule has 0 amide bonds. The highest BCUT2D eigenvalue weighted by Crippen LogP contribution is 2.69. The minimum atomic E-state index is -1.05. The maximum Gasteiger partial charge on any atom is 0.320 e. The molecule has 1 aliphatic heterocycles. The summed E-state index contributed by atoms with van der Waals surface area (Å²) in [6.07, 6.45) is 0.515. The molecule has 0 N–H and O–H groups in total. The summed E-state index contributed by atoms with van der Waals surface area (Å²) in [6, 6.07) is 18.8. The fourth-order valence-electron chi connectivity index (χ4n) is 3.66. The number of Topliss-reactive ketones (excluding diaryl/α,β-unsaturated/α-hetero) is 1. The third-order valence-corrected chi connectivity index (χ3v) is 5.13. The van der Waals surface area contributed by atoms with Crippen molar-refractivity contribution in [2.24, 2.45) is 10.8 Å². The predicted molar refractivity (Wildman–Crippen MR) is 87.3 cm³/mol. The standard InChI is InChI=1S/C20H18O4/c21-17(16-9-5-2-6-10-16)20-12-19(20,14-24-18(20)22)13-23-11-15-7-3-1-4-8-15/h1-10H,11-14H2/t19-,20+/m0/s1. The van der Waals surface area contributed by atoms with Crippen molar-refractivity contribution in [3.05, 3.63) is 71.8 Å². The Balaban J connectivity index is 1.49. The Bertz CT molecular complexity index is 771. The summed E-state index contributed by atoms with van der Waals surface area (Å²) >= 11 is 0. The summed E-state index contributed by atoms with van der Waals surface area (Å²) < 4.78 is 11.1. The molecule has 2 aromatic carbocycles. The Morgan fingerprint density at radius 1 is 1.04 bits per heavy atom. The van der Waals surface area contributed by atoms with Crippen molar-refractivity contribution in [3.8, 4) is 0 Å². The largest absolute Gasteiger partial charge is 0.464 e. The van der Waals surface area contributed by atoms with Gasteiger partial charge in [0, 0.05) is 5.56 Å². The van der Waals surface area contributed by atoms with Crippen LogP contribution < -0.4 is 0 Å². The Labute approximate surface area is 140 Å². The number of esters is 1. The topological polar surface area (TPSA) is 52.6 Å². The van der Waals surface area contributed by atoms with E-state index in [0.29, 0.717) is 25.2 Å². The normalized spacial score (nSPS) is 27.4. The minimum absolute atomic E-state index is 0.145. The maximum atomic E-state index is 12.9. The van der Waals surface area contributed by atoms with Gasteiger partial charge in [0.05, 0.1) is 18.6 Å². The summed E-state index contributed by atoms with van der Waals surface area (Å²) in [6.45, 7) is 1.08. The van der Waals surface area contributed by atoms with E-state index in [2.05, 4.69) is 0 Å². The zero-order valence-electron chi connectivity index (χ0n) is 13.2. The average molecular weight is 322 g/mol. The van der Waals surface area contributed by atoms with Crippen LogP contribution in [-0.2, 0) is 20.9 Å². The molecule has 4 heteroatoms. The number of hydrogen-bond acceptors (Lipinski definition) is 4. The lowest BCUT2D eigenvalue weighted by Gasteiger charge is -2.14. The van der Waals surface area contributed by atoms with Gasteiger partial charge in [0.15, 0.2) is 5.78 Å². The Morgan fingerprint density at radius 3 is 2.42 bits per heavy atom. The summed E-state index contributed by atoms with van der Waals surface area (Å²) in [4.78, 5) is 25.2. The van der Waals surface area contributed by atoms with Gasteiger partial charge >= 0.3 is 5.97 Å². The Hall–Kier alpha value is -2.46. The predicted octanol–water partition coefficient (Wildman–Crippen LogP) is 3.02. The zero-order valence-corrected chi connectivity index (χ0v) is 13.2. The first-order valence-electron chi connectivity index (χ1n) is 8.07. The molecule has 4 rings (SSSR count). The van der Waals surface area contributed by atoms with Gasteiger partial charge in [0.25, 0.3) is 0 Å². The monoisotopic (exact) mass is 322 g/mol. The van der Waals surface area contributed by atoms with Crippen LogP contribution in [0.3, 0.4) is 0 Å². The Morgan fingerprint density at radius 2 is 1.71 bits per heavy atom. The van der Waals surface area contributed by atoms with Crippen LogP contribution in [0.1, 0.15) is 22.3 Å². The SMILES string of the molecule is O=C1OC[C@@]2(COCc3ccccc3)C[C@@]12C(=O)c1ccccc1. The molecule has 2 fully saturated rings. The van der Waals surface area contributed by atoms with Crippen LogP contribution in [0, 0.1) is 10.8 Å². The molecule has 0 aromatic heterocycles. The summed E-state index contributed by atoms with van der Waals surface area (Å²) in [5, 5.41) is 0. The fourth-order valence-corrected chi connectivity index (χ4v) is 3.66. The van der Waals surface area contributed by atoms with Crippen LogP contribution in [0.25, 0.3) is 0 Å². The van der Waals surface area contributed by atoms with Crippen molar-refractivity contribution in [3.63, 3.8) is 0 Å². The number of ketones is 1. The number of hydrogen-bond donors (Lipinski definition) is 0. The molecule has 2 atom stereocenters. The quantitative estimate of drug-likeness (QED) is 0.466. The van der Waals surface area contributed by atoms with Crippen molar-refractivity contribution in [2.75, 3.05) is 13.2 Å². The molecule has 2 aromatic rings. The second kappa shape index (κ2) is 5.56. The Kier molecular flexibility index (Phi) is 3.50. The molecule has 24 heavy (non-hydrogen) atoms. The lowest BCUT2D eigenvalue weighted by molar-refractivity contribution is -0.143. The van der Waals surface area contributed by atoms with Crippen LogP contribution in [0.15, 0.2) is 60.7 Å². The number of carbonyl (C=O) groups excluding carboxylic acids is 2. The zero-order chi connectivity index (χ0) is 16.6. The van der Waals surface area contributed by atoms with Crippen molar-refractivity contribution < 1.29 is 19.1 Å². The number of benzene rings is 2. The first kappa shape index (κ1) is 15.1. The molecule has 1 saturated heterocycles. The van der Waals surface area contributed by atoms with Gasteiger partial charge < -0.3 is 9.47 Å². The van der Waals surface area contributed by atoms with Crippen molar-refractivity contribution in [2.45, 2.75) is 13.0 Å². The number of carbonyl (C=O) groups is 2. The van der Waals surface area contributed by atoms with E-state index >= 15 is 0 Å². The van der Waals surface area contributed by atoms with Gasteiger partial charge in [0.2, 0.25) is 0 Å². The van der Waals surface area contributed by atoms with Crippen molar-refractivity contribution in [1.82, 2.24) is 0 Å². The third kappa shape index (κ3) is 2.18. The third-order valence-electron chi connectivity index (χ3n) is 5.13. The fraction of sp³-hybridized carbons (Fsp3) is 0.300. The average Bonchev–Trinajstić information content (AvgIpc) is 3.23. The van der Waals surface area contributed by atoms with Gasteiger partial charge in [-0.3, -0.25) is 9.59 Å². The molecule has 0 unspecified atom stereocenters. The minimum Gasteiger partial charge on any atom is -0.464 e. The van der Waals surface area contributed by atoms with E-state index in [1.165, 1.54) is 0 Å². The van der Waals surface area contributed by atoms with Gasteiger partial charge in [-0.25, -0.2) is 0 Å². The van der Waals surface area contributed by atoms with E-state index in [1.807, 2.05) is 36.4 Å². The smallest absolute Gasteiger partial charge is 0.320 e. The summed E-state index contributed by atoms with van der Waals surface area (Å²) in [7, 11) is 0. The van der Waals surface area contributed by atoms with Gasteiger partial charge in [0.1, 0.15) is 12.0 Å². The van der Waals surface area contributed by atoms with E-state index in [-0.39, 0.29) is 12.4 Å². The highest BCUT2D eigenvalue weighted by molar-refractivity contribution is 6.17. The van der Waals surface area contributed by atoms with Crippen LogP contribution in [0.2, 0.25) is 0 Å². The molecular formula is C20H18O4. The molecule has 122 valence electrons. The second-order valence-electron chi connectivity index (χ2n) is 6.61. The van der Waals surface area contributed by atoms with Crippen LogP contribution in [-0.4, -0.2) is 25.0 Å². The van der Waals surface area contributed by atoms with E-state index < -0.39 is 16.8 Å². The first-order chi connectivity index (χ1) is 11.7. The van der Waals surface area contributed by atoms with Crippen molar-refractivity contribution in [1.29, 1.82) is 0 Å². The summed E-state index contributed by atoms with van der Waals surface area (Å²) in [5.74, 6) is -0.548. The first-order valence-corrected chi connectivity index (χ1v) is 8.07. The molecule has 0 bridgehead atoms. The van der Waals surface area contributed by atoms with E-state index in [0.717, 1.165) is 5.56 Å². The van der Waals surface area contributed by atoms with E-state index in [4.69, 9.17) is 9.47 Å². The molecule has 1 heterocycles. The lowest BCUT2D eigenvalue weighted by atomic mass is 9.88. The highest BCUT2D eigenvalue weighted by Gasteiger charge is 2.81. The molecule has 0 radical (unpaired) electrons.